The van der Waals surface area contributed by atoms with Gasteiger partial charge in [-0.15, -0.1) is 0 Å². The predicted octanol–water partition coefficient (Wildman–Crippen LogP) is 5.09. The van der Waals surface area contributed by atoms with Crippen LogP contribution in [0.3, 0.4) is 0 Å². The lowest BCUT2D eigenvalue weighted by molar-refractivity contribution is -0.385. The van der Waals surface area contributed by atoms with Crippen molar-refractivity contribution in [2.24, 2.45) is 0 Å². The summed E-state index contributed by atoms with van der Waals surface area (Å²) in [6.45, 7) is 0.383. The van der Waals surface area contributed by atoms with E-state index < -0.39 is 16.9 Å². The van der Waals surface area contributed by atoms with Crippen LogP contribution in [0.5, 0.6) is 23.0 Å². The molecule has 1 aliphatic rings. The van der Waals surface area contributed by atoms with Crippen LogP contribution in [0.2, 0.25) is 5.02 Å². The first-order valence-corrected chi connectivity index (χ1v) is 11.5. The average Bonchev–Trinajstić information content (AvgIpc) is 2.90. The SMILES string of the molecule is COc1cc2c(cc1OC)[C@H](COc1ccccc1OC)N(C(=O)c1cc(Cl)ccc1[N+](=O)[O-])CC2. The Morgan fingerprint density at radius 2 is 1.67 bits per heavy atom. The van der Waals surface area contributed by atoms with E-state index in [-0.39, 0.29) is 22.9 Å². The normalized spacial score (nSPS) is 14.6. The van der Waals surface area contributed by atoms with Crippen LogP contribution in [0.1, 0.15) is 27.5 Å². The third kappa shape index (κ3) is 4.87. The average molecular weight is 513 g/mol. The number of ether oxygens (including phenoxy) is 4. The number of nitro groups is 1. The third-order valence-electron chi connectivity index (χ3n) is 6.12. The number of fused-ring (bicyclic) bond motifs is 1. The van der Waals surface area contributed by atoms with Crippen molar-refractivity contribution in [3.63, 3.8) is 0 Å². The summed E-state index contributed by atoms with van der Waals surface area (Å²) < 4.78 is 22.5. The Bertz CT molecular complexity index is 1300. The van der Waals surface area contributed by atoms with Crippen molar-refractivity contribution >= 4 is 23.2 Å². The maximum absolute atomic E-state index is 13.7. The summed E-state index contributed by atoms with van der Waals surface area (Å²) in [6, 6.07) is 14.3. The number of carbonyl (C=O) groups is 1. The van der Waals surface area contributed by atoms with Gasteiger partial charge in [0.15, 0.2) is 23.0 Å². The first kappa shape index (κ1) is 25.1. The number of benzene rings is 3. The molecule has 0 unspecified atom stereocenters. The van der Waals surface area contributed by atoms with E-state index in [1.165, 1.54) is 25.3 Å². The predicted molar refractivity (Wildman–Crippen MR) is 134 cm³/mol. The van der Waals surface area contributed by atoms with E-state index in [2.05, 4.69) is 0 Å². The summed E-state index contributed by atoms with van der Waals surface area (Å²) in [4.78, 5) is 26.4. The zero-order valence-electron chi connectivity index (χ0n) is 20.0. The van der Waals surface area contributed by atoms with Gasteiger partial charge in [-0.05, 0) is 53.9 Å². The van der Waals surface area contributed by atoms with Gasteiger partial charge in [0.2, 0.25) is 0 Å². The van der Waals surface area contributed by atoms with Gasteiger partial charge in [-0.25, -0.2) is 0 Å². The summed E-state index contributed by atoms with van der Waals surface area (Å²) in [5.41, 5.74) is 1.36. The number of nitro benzene ring substituents is 1. The summed E-state index contributed by atoms with van der Waals surface area (Å²) in [5.74, 6) is 1.61. The van der Waals surface area contributed by atoms with Crippen LogP contribution in [0.25, 0.3) is 0 Å². The topological polar surface area (TPSA) is 100 Å². The van der Waals surface area contributed by atoms with Crippen LogP contribution in [0, 0.1) is 10.1 Å². The van der Waals surface area contributed by atoms with Crippen LogP contribution in [0.4, 0.5) is 5.69 Å². The van der Waals surface area contributed by atoms with E-state index in [0.29, 0.717) is 36.0 Å². The Balaban J connectivity index is 1.78. The van der Waals surface area contributed by atoms with Crippen LogP contribution >= 0.6 is 11.6 Å². The van der Waals surface area contributed by atoms with Crippen LogP contribution in [-0.2, 0) is 6.42 Å². The molecule has 3 aromatic carbocycles. The smallest absolute Gasteiger partial charge is 0.282 e. The second-order valence-corrected chi connectivity index (χ2v) is 8.49. The van der Waals surface area contributed by atoms with Crippen molar-refractivity contribution < 1.29 is 28.7 Å². The molecular weight excluding hydrogens is 488 g/mol. The number of methoxy groups -OCH3 is 3. The van der Waals surface area contributed by atoms with Crippen molar-refractivity contribution in [2.45, 2.75) is 12.5 Å². The van der Waals surface area contributed by atoms with Gasteiger partial charge in [0.25, 0.3) is 11.6 Å². The first-order chi connectivity index (χ1) is 17.4. The Hall–Kier alpha value is -3.98. The number of halogens is 1. The molecule has 1 atom stereocenters. The lowest BCUT2D eigenvalue weighted by atomic mass is 9.91. The van der Waals surface area contributed by atoms with Gasteiger partial charge in [-0.1, -0.05) is 23.7 Å². The summed E-state index contributed by atoms with van der Waals surface area (Å²) >= 11 is 6.11. The third-order valence-corrected chi connectivity index (χ3v) is 6.35. The molecule has 188 valence electrons. The number of para-hydroxylation sites is 2. The molecule has 0 aromatic heterocycles. The van der Waals surface area contributed by atoms with E-state index in [1.54, 1.807) is 31.3 Å². The van der Waals surface area contributed by atoms with Crippen molar-refractivity contribution in [1.82, 2.24) is 4.90 Å². The highest BCUT2D eigenvalue weighted by atomic mass is 35.5. The lowest BCUT2D eigenvalue weighted by Crippen LogP contribution is -2.42. The quantitative estimate of drug-likeness (QED) is 0.306. The molecule has 4 rings (SSSR count). The molecule has 0 saturated heterocycles. The first-order valence-electron chi connectivity index (χ1n) is 11.1. The minimum Gasteiger partial charge on any atom is -0.493 e. The van der Waals surface area contributed by atoms with E-state index in [0.717, 1.165) is 11.1 Å². The number of carbonyl (C=O) groups excluding carboxylic acids is 1. The maximum atomic E-state index is 13.7. The molecule has 0 saturated carbocycles. The molecule has 1 heterocycles. The molecule has 1 aliphatic heterocycles. The molecule has 36 heavy (non-hydrogen) atoms. The van der Waals surface area contributed by atoms with Crippen molar-refractivity contribution in [3.8, 4) is 23.0 Å². The lowest BCUT2D eigenvalue weighted by Gasteiger charge is -2.37. The van der Waals surface area contributed by atoms with Crippen LogP contribution < -0.4 is 18.9 Å². The van der Waals surface area contributed by atoms with Gasteiger partial charge in [-0.3, -0.25) is 14.9 Å². The van der Waals surface area contributed by atoms with Crippen LogP contribution in [-0.4, -0.2) is 50.2 Å². The van der Waals surface area contributed by atoms with Gasteiger partial charge < -0.3 is 23.8 Å². The number of rotatable bonds is 8. The monoisotopic (exact) mass is 512 g/mol. The molecule has 0 bridgehead atoms. The van der Waals surface area contributed by atoms with Gasteiger partial charge in [-0.2, -0.15) is 0 Å². The van der Waals surface area contributed by atoms with E-state index >= 15 is 0 Å². The highest BCUT2D eigenvalue weighted by Gasteiger charge is 2.36. The number of nitrogens with zero attached hydrogens (tertiary/aromatic N) is 2. The van der Waals surface area contributed by atoms with Crippen molar-refractivity contribution in [1.29, 1.82) is 0 Å². The Morgan fingerprint density at radius 1 is 1.00 bits per heavy atom. The maximum Gasteiger partial charge on any atom is 0.282 e. The fourth-order valence-corrected chi connectivity index (χ4v) is 4.52. The minimum absolute atomic E-state index is 0.0724. The molecule has 1 amide bonds. The summed E-state index contributed by atoms with van der Waals surface area (Å²) in [6.07, 6.45) is 0.515. The highest BCUT2D eigenvalue weighted by molar-refractivity contribution is 6.31. The summed E-state index contributed by atoms with van der Waals surface area (Å²) in [7, 11) is 4.64. The summed E-state index contributed by atoms with van der Waals surface area (Å²) in [5, 5.41) is 11.9. The highest BCUT2D eigenvalue weighted by Crippen LogP contribution is 2.40. The van der Waals surface area contributed by atoms with E-state index in [1.807, 2.05) is 24.3 Å². The van der Waals surface area contributed by atoms with Gasteiger partial charge in [0.05, 0.1) is 32.3 Å². The van der Waals surface area contributed by atoms with Gasteiger partial charge >= 0.3 is 0 Å². The Labute approximate surface area is 213 Å². The van der Waals surface area contributed by atoms with E-state index in [4.69, 9.17) is 30.5 Å². The van der Waals surface area contributed by atoms with Gasteiger partial charge in [0.1, 0.15) is 12.2 Å². The minimum atomic E-state index is -0.588. The number of hydrogen-bond acceptors (Lipinski definition) is 7. The molecule has 3 aromatic rings. The second-order valence-electron chi connectivity index (χ2n) is 8.05. The number of hydrogen-bond donors (Lipinski definition) is 0. The number of amides is 1. The van der Waals surface area contributed by atoms with Crippen LogP contribution in [0.15, 0.2) is 54.6 Å². The molecule has 0 N–H and O–H groups in total. The largest absolute Gasteiger partial charge is 0.493 e. The zero-order chi connectivity index (χ0) is 25.8. The molecule has 10 heteroatoms. The molecule has 0 radical (unpaired) electrons. The molecule has 0 fully saturated rings. The van der Waals surface area contributed by atoms with Crippen molar-refractivity contribution in [2.75, 3.05) is 34.5 Å². The fraction of sp³-hybridized carbons (Fsp3) is 0.269. The second kappa shape index (κ2) is 10.7. The Kier molecular flexibility index (Phi) is 7.49. The standard InChI is InChI=1S/C26H25ClN2O7/c1-33-22-6-4-5-7-23(22)36-15-21-18-14-25(35-3)24(34-2)12-16(18)10-11-28(21)26(30)19-13-17(27)8-9-20(19)29(31)32/h4-9,12-14,21H,10-11,15H2,1-3H3/t21-/m0/s1. The van der Waals surface area contributed by atoms with Crippen molar-refractivity contribution in [3.05, 3.63) is 86.4 Å². The Morgan fingerprint density at radius 3 is 2.33 bits per heavy atom. The molecule has 9 nitrogen and oxygen atoms in total. The van der Waals surface area contributed by atoms with Gasteiger partial charge in [0, 0.05) is 17.6 Å². The van der Waals surface area contributed by atoms with E-state index in [9.17, 15) is 14.9 Å². The fourth-order valence-electron chi connectivity index (χ4n) is 4.35. The zero-order valence-corrected chi connectivity index (χ0v) is 20.8. The molecular formula is C26H25ClN2O7. The molecule has 0 spiro atoms. The molecule has 0 aliphatic carbocycles.